The van der Waals surface area contributed by atoms with E-state index in [-0.39, 0.29) is 40.9 Å². The molecule has 4 aromatic rings. The molecule has 2 amide bonds. The minimum Gasteiger partial charge on any atom is -0.467 e. The first-order valence-corrected chi connectivity index (χ1v) is 15.8. The second-order valence-corrected chi connectivity index (χ2v) is 11.4. The molecule has 262 valence electrons. The number of hydrogen-bond donors (Lipinski definition) is 4. The van der Waals surface area contributed by atoms with Gasteiger partial charge in [-0.2, -0.15) is 4.68 Å². The third-order valence-electron chi connectivity index (χ3n) is 7.71. The molecule has 4 N–H and O–H groups in total. The van der Waals surface area contributed by atoms with Crippen molar-refractivity contribution in [1.29, 1.82) is 0 Å². The summed E-state index contributed by atoms with van der Waals surface area (Å²) in [5.74, 6) is -1.58. The largest absolute Gasteiger partial charge is 0.467 e. The number of nitrogens with zero attached hydrogens (tertiary/aromatic N) is 5. The van der Waals surface area contributed by atoms with Crippen LogP contribution in [0.2, 0.25) is 5.02 Å². The fraction of sp³-hybridized carbons (Fsp3) is 0.312. The molecular weight excluding hydrogens is 677 g/mol. The van der Waals surface area contributed by atoms with Crippen LogP contribution in [0.25, 0.3) is 23.0 Å². The number of rotatable bonds is 10. The third kappa shape index (κ3) is 8.48. The number of amides is 2. The molecule has 0 saturated carbocycles. The Kier molecular flexibility index (Phi) is 11.8. The zero-order valence-corrected chi connectivity index (χ0v) is 27.7. The smallest absolute Gasteiger partial charge is 0.411 e. The number of esters is 1. The van der Waals surface area contributed by atoms with Crippen LogP contribution in [0, 0.1) is 5.82 Å². The molecular formula is C32H33ClFN9O7. The number of aldehydes is 1. The van der Waals surface area contributed by atoms with Crippen LogP contribution >= 0.6 is 11.6 Å². The van der Waals surface area contributed by atoms with Gasteiger partial charge in [-0.1, -0.05) is 24.4 Å². The first-order valence-electron chi connectivity index (χ1n) is 15.4. The van der Waals surface area contributed by atoms with E-state index in [2.05, 4.69) is 36.5 Å². The number of aromatic amines is 1. The molecule has 3 heterocycles. The van der Waals surface area contributed by atoms with Gasteiger partial charge >= 0.3 is 12.1 Å². The highest BCUT2D eigenvalue weighted by atomic mass is 35.5. The lowest BCUT2D eigenvalue weighted by molar-refractivity contribution is -0.141. The van der Waals surface area contributed by atoms with Gasteiger partial charge in [0.15, 0.2) is 12.1 Å². The second kappa shape index (κ2) is 16.6. The molecule has 0 fully saturated rings. The number of carbonyl (C=O) groups is 4. The second-order valence-electron chi connectivity index (χ2n) is 11.0. The Labute approximate surface area is 289 Å². The molecule has 2 atom stereocenters. The van der Waals surface area contributed by atoms with E-state index in [0.717, 1.165) is 6.08 Å². The fourth-order valence-electron chi connectivity index (χ4n) is 5.30. The number of anilines is 2. The molecule has 0 saturated heterocycles. The van der Waals surface area contributed by atoms with Crippen molar-refractivity contribution in [3.63, 3.8) is 0 Å². The van der Waals surface area contributed by atoms with E-state index in [1.54, 1.807) is 18.2 Å². The zero-order chi connectivity index (χ0) is 35.6. The number of imidazole rings is 1. The van der Waals surface area contributed by atoms with E-state index in [0.29, 0.717) is 54.7 Å². The average molecular weight is 710 g/mol. The molecule has 16 nitrogen and oxygen atoms in total. The van der Waals surface area contributed by atoms with E-state index in [9.17, 15) is 19.2 Å². The number of fused-ring (bicyclic) bond motifs is 4. The van der Waals surface area contributed by atoms with Gasteiger partial charge in [0.1, 0.15) is 36.2 Å². The lowest BCUT2D eigenvalue weighted by atomic mass is 10.0. The summed E-state index contributed by atoms with van der Waals surface area (Å²) in [6.45, 7) is 0.262. The average Bonchev–Trinajstić information content (AvgIpc) is 3.80. The van der Waals surface area contributed by atoms with Crippen molar-refractivity contribution in [2.45, 2.75) is 37.8 Å². The van der Waals surface area contributed by atoms with Crippen molar-refractivity contribution in [1.82, 2.24) is 35.5 Å². The fourth-order valence-corrected chi connectivity index (χ4v) is 5.46. The van der Waals surface area contributed by atoms with Crippen LogP contribution in [-0.2, 0) is 23.8 Å². The van der Waals surface area contributed by atoms with Crippen LogP contribution < -0.4 is 16.0 Å². The van der Waals surface area contributed by atoms with E-state index in [1.165, 1.54) is 43.4 Å². The van der Waals surface area contributed by atoms with Crippen LogP contribution in [0.4, 0.5) is 20.6 Å². The summed E-state index contributed by atoms with van der Waals surface area (Å²) in [5.41, 5.74) is 1.73. The molecule has 2 aromatic heterocycles. The van der Waals surface area contributed by atoms with Crippen molar-refractivity contribution in [2.75, 3.05) is 38.1 Å². The molecule has 5 rings (SSSR count). The summed E-state index contributed by atoms with van der Waals surface area (Å²) in [7, 11) is 2.76. The highest BCUT2D eigenvalue weighted by Gasteiger charge is 2.27. The van der Waals surface area contributed by atoms with Crippen molar-refractivity contribution in [2.24, 2.45) is 0 Å². The first-order chi connectivity index (χ1) is 24.2. The summed E-state index contributed by atoms with van der Waals surface area (Å²) >= 11 is 6.02. The van der Waals surface area contributed by atoms with Crippen molar-refractivity contribution in [3.8, 4) is 16.9 Å². The standard InChI is InChI=1S/C32H33ClFN9O7/c1-48-13-14-50-32(47)36-18-7-8-19-24(15-18)37-23(31(46)49-2)6-4-3-5-22(30-39-25(16-44)29(19)40-30)38-27(45)12-9-20-26(43-17-35-41-42-43)11-10-21(33)28(20)34/h7-12,15-17,22-23,37H,3-6,13-14H2,1-2H3,(H,36,47)(H,38,45)(H,39,40)/b12-9+/t22-,23+/m0/s1. The molecule has 18 heteroatoms. The third-order valence-corrected chi connectivity index (χ3v) is 8.01. The number of ether oxygens (including phenoxy) is 3. The van der Waals surface area contributed by atoms with Crippen molar-refractivity contribution >= 4 is 53.3 Å². The number of aromatic nitrogens is 6. The van der Waals surface area contributed by atoms with Crippen LogP contribution in [0.1, 0.15) is 53.6 Å². The number of benzene rings is 2. The zero-order valence-electron chi connectivity index (χ0n) is 26.9. The van der Waals surface area contributed by atoms with Crippen LogP contribution in [0.3, 0.4) is 0 Å². The minimum absolute atomic E-state index is 0.0165. The molecule has 2 bridgehead atoms. The topological polar surface area (TPSA) is 204 Å². The lowest BCUT2D eigenvalue weighted by Crippen LogP contribution is -2.31. The van der Waals surface area contributed by atoms with Gasteiger partial charge in [-0.3, -0.25) is 14.9 Å². The molecule has 0 aliphatic carbocycles. The predicted octanol–water partition coefficient (Wildman–Crippen LogP) is 4.25. The van der Waals surface area contributed by atoms with Gasteiger partial charge in [-0.15, -0.1) is 5.10 Å². The number of nitrogens with one attached hydrogen (secondary N) is 4. The Morgan fingerprint density at radius 3 is 2.70 bits per heavy atom. The Balaban J connectivity index is 1.46. The highest BCUT2D eigenvalue weighted by molar-refractivity contribution is 6.31. The van der Waals surface area contributed by atoms with Gasteiger partial charge in [0.25, 0.3) is 0 Å². The number of halogens is 2. The molecule has 1 aliphatic rings. The number of tetrazole rings is 1. The van der Waals surface area contributed by atoms with E-state index in [1.807, 2.05) is 0 Å². The van der Waals surface area contributed by atoms with Crippen LogP contribution in [-0.4, -0.2) is 87.9 Å². The molecule has 0 unspecified atom stereocenters. The molecule has 50 heavy (non-hydrogen) atoms. The van der Waals surface area contributed by atoms with Crippen molar-refractivity contribution < 1.29 is 37.8 Å². The highest BCUT2D eigenvalue weighted by Crippen LogP contribution is 2.35. The number of hydrogen-bond acceptors (Lipinski definition) is 12. The maximum atomic E-state index is 15.1. The summed E-state index contributed by atoms with van der Waals surface area (Å²) in [5, 5.41) is 19.5. The Bertz CT molecular complexity index is 1880. The van der Waals surface area contributed by atoms with Crippen LogP contribution in [0.5, 0.6) is 0 Å². The van der Waals surface area contributed by atoms with Gasteiger partial charge < -0.3 is 29.8 Å². The summed E-state index contributed by atoms with van der Waals surface area (Å²) < 4.78 is 31.3. The maximum absolute atomic E-state index is 15.1. The molecule has 0 spiro atoms. The summed E-state index contributed by atoms with van der Waals surface area (Å²) in [6.07, 6.45) is 5.35. The quantitative estimate of drug-likeness (QED) is 0.0790. The summed E-state index contributed by atoms with van der Waals surface area (Å²) in [4.78, 5) is 58.4. The maximum Gasteiger partial charge on any atom is 0.411 e. The van der Waals surface area contributed by atoms with Crippen molar-refractivity contribution in [3.05, 3.63) is 70.7 Å². The predicted molar refractivity (Wildman–Crippen MR) is 178 cm³/mol. The number of carbonyl (C=O) groups excluding carboxylic acids is 4. The minimum atomic E-state index is -0.793. The van der Waals surface area contributed by atoms with Gasteiger partial charge in [-0.05, 0) is 59.7 Å². The SMILES string of the molecule is COCCOC(=O)Nc1ccc2c(c1)N[C@@H](C(=O)OC)CCCC[C@H](NC(=O)/C=C/c1c(-n3cnnn3)ccc(Cl)c1F)c1nc-2c(C=O)[nH]1. The Hall–Kier alpha value is -5.68. The van der Waals surface area contributed by atoms with Crippen LogP contribution in [0.15, 0.2) is 42.7 Å². The Morgan fingerprint density at radius 2 is 1.96 bits per heavy atom. The first kappa shape index (κ1) is 35.6. The van der Waals surface area contributed by atoms with Gasteiger partial charge in [0, 0.05) is 35.7 Å². The van der Waals surface area contributed by atoms with E-state index < -0.39 is 35.9 Å². The number of methoxy groups -OCH3 is 2. The number of H-pyrrole nitrogens is 1. The lowest BCUT2D eigenvalue weighted by Gasteiger charge is -2.22. The molecule has 2 aromatic carbocycles. The van der Waals surface area contributed by atoms with E-state index in [4.69, 9.17) is 30.8 Å². The van der Waals surface area contributed by atoms with Gasteiger partial charge in [-0.25, -0.2) is 19.0 Å². The van der Waals surface area contributed by atoms with Gasteiger partial charge in [0.2, 0.25) is 5.91 Å². The molecule has 0 radical (unpaired) electrons. The molecule has 1 aliphatic heterocycles. The summed E-state index contributed by atoms with van der Waals surface area (Å²) in [6, 6.07) is 6.15. The van der Waals surface area contributed by atoms with Gasteiger partial charge in [0.05, 0.1) is 30.5 Å². The monoisotopic (exact) mass is 709 g/mol. The Morgan fingerprint density at radius 1 is 1.14 bits per heavy atom. The normalized spacial score (nSPS) is 15.9. The van der Waals surface area contributed by atoms with E-state index >= 15 is 4.39 Å².